The third-order valence-electron chi connectivity index (χ3n) is 3.68. The van der Waals surface area contributed by atoms with Gasteiger partial charge in [0.05, 0.1) is 18.6 Å². The third kappa shape index (κ3) is 2.28. The number of ether oxygens (including phenoxy) is 1. The highest BCUT2D eigenvalue weighted by Gasteiger charge is 2.47. The van der Waals surface area contributed by atoms with E-state index in [1.807, 2.05) is 0 Å². The van der Waals surface area contributed by atoms with Crippen LogP contribution in [-0.4, -0.2) is 42.3 Å². The smallest absolute Gasteiger partial charge is 0.326 e. The van der Waals surface area contributed by atoms with Gasteiger partial charge in [0.15, 0.2) is 0 Å². The highest BCUT2D eigenvalue weighted by atomic mass is 16.5. The summed E-state index contributed by atoms with van der Waals surface area (Å²) >= 11 is 0. The molecule has 0 aromatic heterocycles. The van der Waals surface area contributed by atoms with E-state index in [0.29, 0.717) is 6.61 Å². The van der Waals surface area contributed by atoms with Gasteiger partial charge in [-0.1, -0.05) is 0 Å². The summed E-state index contributed by atoms with van der Waals surface area (Å²) in [5.74, 6) is -1.22. The molecule has 6 heteroatoms. The summed E-state index contributed by atoms with van der Waals surface area (Å²) in [7, 11) is 0. The average Bonchev–Trinajstić information content (AvgIpc) is 3.03. The molecule has 6 nitrogen and oxygen atoms in total. The Balaban J connectivity index is 2.02. The second-order valence-electron chi connectivity index (χ2n) is 5.17. The van der Waals surface area contributed by atoms with Crippen LogP contribution in [0.3, 0.4) is 0 Å². The summed E-state index contributed by atoms with van der Waals surface area (Å²) in [5, 5.41) is 11.6. The van der Waals surface area contributed by atoms with Crippen LogP contribution in [0.1, 0.15) is 19.8 Å². The van der Waals surface area contributed by atoms with Gasteiger partial charge in [-0.2, -0.15) is 0 Å². The van der Waals surface area contributed by atoms with Crippen LogP contribution in [0.15, 0.2) is 0 Å². The molecule has 0 spiro atoms. The van der Waals surface area contributed by atoms with Gasteiger partial charge in [-0.15, -0.1) is 0 Å². The molecule has 4 N–H and O–H groups in total. The Morgan fingerprint density at radius 3 is 2.59 bits per heavy atom. The number of carboxylic acids is 1. The molecular weight excluding hydrogens is 224 g/mol. The normalized spacial score (nSPS) is 34.4. The SMILES string of the molecule is CC1(C(=O)NC(C(=O)O)C2CC2)COCC1N. The summed E-state index contributed by atoms with van der Waals surface area (Å²) in [6.45, 7) is 2.30. The molecule has 3 unspecified atom stereocenters. The van der Waals surface area contributed by atoms with E-state index in [2.05, 4.69) is 5.32 Å². The maximum atomic E-state index is 12.1. The van der Waals surface area contributed by atoms with Gasteiger partial charge in [-0.05, 0) is 25.7 Å². The number of nitrogens with two attached hydrogens (primary N) is 1. The fourth-order valence-corrected chi connectivity index (χ4v) is 2.04. The number of hydrogen-bond donors (Lipinski definition) is 3. The molecule has 2 rings (SSSR count). The average molecular weight is 242 g/mol. The highest BCUT2D eigenvalue weighted by Crippen LogP contribution is 2.34. The quantitative estimate of drug-likeness (QED) is 0.607. The van der Waals surface area contributed by atoms with E-state index in [4.69, 9.17) is 15.6 Å². The number of hydrogen-bond acceptors (Lipinski definition) is 4. The van der Waals surface area contributed by atoms with Crippen molar-refractivity contribution in [3.05, 3.63) is 0 Å². The highest BCUT2D eigenvalue weighted by molar-refractivity contribution is 5.88. The first kappa shape index (κ1) is 12.3. The fraction of sp³-hybridized carbons (Fsp3) is 0.818. The summed E-state index contributed by atoms with van der Waals surface area (Å²) in [6.07, 6.45) is 1.72. The Morgan fingerprint density at radius 1 is 1.53 bits per heavy atom. The number of carbonyl (C=O) groups is 2. The minimum Gasteiger partial charge on any atom is -0.480 e. The van der Waals surface area contributed by atoms with Crippen molar-refractivity contribution in [3.8, 4) is 0 Å². The van der Waals surface area contributed by atoms with Gasteiger partial charge in [-0.3, -0.25) is 4.79 Å². The van der Waals surface area contributed by atoms with E-state index >= 15 is 0 Å². The molecule has 2 aliphatic rings. The maximum Gasteiger partial charge on any atom is 0.326 e. The van der Waals surface area contributed by atoms with Gasteiger partial charge < -0.3 is 20.9 Å². The van der Waals surface area contributed by atoms with Crippen LogP contribution in [0.2, 0.25) is 0 Å². The Hall–Kier alpha value is -1.14. The lowest BCUT2D eigenvalue weighted by Crippen LogP contribution is -2.54. The lowest BCUT2D eigenvalue weighted by atomic mass is 9.84. The van der Waals surface area contributed by atoms with E-state index in [9.17, 15) is 9.59 Å². The molecule has 17 heavy (non-hydrogen) atoms. The molecule has 1 heterocycles. The second-order valence-corrected chi connectivity index (χ2v) is 5.17. The van der Waals surface area contributed by atoms with Gasteiger partial charge in [0, 0.05) is 6.04 Å². The Kier molecular flexibility index (Phi) is 3.09. The van der Waals surface area contributed by atoms with Crippen LogP contribution in [0.5, 0.6) is 0 Å². The van der Waals surface area contributed by atoms with E-state index in [1.165, 1.54) is 0 Å². The van der Waals surface area contributed by atoms with Crippen molar-refractivity contribution in [2.24, 2.45) is 17.1 Å². The summed E-state index contributed by atoms with van der Waals surface area (Å²) in [6, 6.07) is -1.16. The van der Waals surface area contributed by atoms with E-state index in [-0.39, 0.29) is 24.5 Å². The van der Waals surface area contributed by atoms with Gasteiger partial charge in [0.1, 0.15) is 6.04 Å². The lowest BCUT2D eigenvalue weighted by molar-refractivity contribution is -0.144. The molecule has 1 saturated heterocycles. The molecule has 1 amide bonds. The molecule has 0 aromatic carbocycles. The van der Waals surface area contributed by atoms with Gasteiger partial charge in [-0.25, -0.2) is 4.79 Å². The first-order valence-corrected chi connectivity index (χ1v) is 5.82. The van der Waals surface area contributed by atoms with Crippen LogP contribution in [0.4, 0.5) is 0 Å². The summed E-state index contributed by atoms with van der Waals surface area (Å²) < 4.78 is 5.18. The molecule has 1 saturated carbocycles. The van der Waals surface area contributed by atoms with Crippen molar-refractivity contribution in [2.75, 3.05) is 13.2 Å². The van der Waals surface area contributed by atoms with Crippen LogP contribution >= 0.6 is 0 Å². The van der Waals surface area contributed by atoms with Gasteiger partial charge in [0.2, 0.25) is 5.91 Å². The van der Waals surface area contributed by atoms with Crippen molar-refractivity contribution in [3.63, 3.8) is 0 Å². The Labute approximate surface area is 99.5 Å². The van der Waals surface area contributed by atoms with Gasteiger partial charge >= 0.3 is 5.97 Å². The largest absolute Gasteiger partial charge is 0.480 e. The van der Waals surface area contributed by atoms with Crippen LogP contribution in [0, 0.1) is 11.3 Å². The van der Waals surface area contributed by atoms with Crippen LogP contribution in [-0.2, 0) is 14.3 Å². The zero-order valence-corrected chi connectivity index (χ0v) is 9.81. The zero-order chi connectivity index (χ0) is 12.6. The maximum absolute atomic E-state index is 12.1. The number of carboxylic acid groups (broad SMARTS) is 1. The number of carbonyl (C=O) groups excluding carboxylic acids is 1. The first-order chi connectivity index (χ1) is 7.95. The number of aliphatic carboxylic acids is 1. The van der Waals surface area contributed by atoms with Gasteiger partial charge in [0.25, 0.3) is 0 Å². The topological polar surface area (TPSA) is 102 Å². The summed E-state index contributed by atoms with van der Waals surface area (Å²) in [4.78, 5) is 23.1. The van der Waals surface area contributed by atoms with Crippen molar-refractivity contribution < 1.29 is 19.4 Å². The molecule has 2 fully saturated rings. The van der Waals surface area contributed by atoms with Crippen LogP contribution in [0.25, 0.3) is 0 Å². The Morgan fingerprint density at radius 2 is 2.18 bits per heavy atom. The van der Waals surface area contributed by atoms with Crippen molar-refractivity contribution in [1.29, 1.82) is 0 Å². The zero-order valence-electron chi connectivity index (χ0n) is 9.81. The predicted octanol–water partition coefficient (Wildman–Crippen LogP) is -0.670. The minimum atomic E-state index is -0.975. The molecule has 0 radical (unpaired) electrons. The molecule has 96 valence electrons. The molecule has 0 aromatic rings. The Bertz CT molecular complexity index is 342. The number of nitrogens with one attached hydrogen (secondary N) is 1. The van der Waals surface area contributed by atoms with E-state index in [1.54, 1.807) is 6.92 Å². The molecule has 3 atom stereocenters. The van der Waals surface area contributed by atoms with Crippen molar-refractivity contribution in [2.45, 2.75) is 31.8 Å². The minimum absolute atomic E-state index is 0.0681. The van der Waals surface area contributed by atoms with E-state index < -0.39 is 17.4 Å². The van der Waals surface area contributed by atoms with Crippen LogP contribution < -0.4 is 11.1 Å². The second kappa shape index (κ2) is 4.27. The standard InChI is InChI=1S/C11H18N2O4/c1-11(5-17-4-7(11)12)10(16)13-8(9(14)15)6-2-3-6/h6-8H,2-5,12H2,1H3,(H,13,16)(H,14,15). The lowest BCUT2D eigenvalue weighted by Gasteiger charge is -2.27. The predicted molar refractivity (Wildman–Crippen MR) is 59.2 cm³/mol. The first-order valence-electron chi connectivity index (χ1n) is 5.82. The molecular formula is C11H18N2O4. The molecule has 0 bridgehead atoms. The number of rotatable bonds is 4. The van der Waals surface area contributed by atoms with Crippen molar-refractivity contribution >= 4 is 11.9 Å². The molecule has 1 aliphatic heterocycles. The summed E-state index contributed by atoms with van der Waals surface area (Å²) in [5.41, 5.74) is 5.01. The third-order valence-corrected chi connectivity index (χ3v) is 3.68. The number of amides is 1. The monoisotopic (exact) mass is 242 g/mol. The fourth-order valence-electron chi connectivity index (χ4n) is 2.04. The van der Waals surface area contributed by atoms with Crippen molar-refractivity contribution in [1.82, 2.24) is 5.32 Å². The van der Waals surface area contributed by atoms with E-state index in [0.717, 1.165) is 12.8 Å². The molecule has 1 aliphatic carbocycles.